The van der Waals surface area contributed by atoms with Gasteiger partial charge < -0.3 is 14.6 Å². The summed E-state index contributed by atoms with van der Waals surface area (Å²) in [4.78, 5) is 4.21. The zero-order valence-electron chi connectivity index (χ0n) is 10.5. The van der Waals surface area contributed by atoms with E-state index in [2.05, 4.69) is 33.1 Å². The second-order valence-electron chi connectivity index (χ2n) is 4.57. The standard InChI is InChI=1S/C14H17N3O/c1-11-15-4-6-17(11)7-5-16-14-3-2-12-9-18-10-13(12)8-14/h2-4,6,8,16H,5,7,9-10H2,1H3. The monoisotopic (exact) mass is 243 g/mol. The Morgan fingerprint density at radius 2 is 2.22 bits per heavy atom. The van der Waals surface area contributed by atoms with E-state index in [0.717, 1.165) is 37.8 Å². The zero-order chi connectivity index (χ0) is 12.4. The first-order valence-electron chi connectivity index (χ1n) is 6.24. The number of aryl methyl sites for hydroxylation is 1. The van der Waals surface area contributed by atoms with E-state index >= 15 is 0 Å². The van der Waals surface area contributed by atoms with Crippen LogP contribution in [0.1, 0.15) is 17.0 Å². The molecule has 0 amide bonds. The molecule has 0 unspecified atom stereocenters. The molecular weight excluding hydrogens is 226 g/mol. The minimum atomic E-state index is 0.742. The Hall–Kier alpha value is -1.81. The molecule has 0 spiro atoms. The highest BCUT2D eigenvalue weighted by Crippen LogP contribution is 2.22. The van der Waals surface area contributed by atoms with Gasteiger partial charge in [0.15, 0.2) is 0 Å². The summed E-state index contributed by atoms with van der Waals surface area (Å²) in [5, 5.41) is 3.44. The predicted molar refractivity (Wildman–Crippen MR) is 70.4 cm³/mol. The van der Waals surface area contributed by atoms with Gasteiger partial charge in [-0.25, -0.2) is 4.98 Å². The quantitative estimate of drug-likeness (QED) is 0.895. The van der Waals surface area contributed by atoms with E-state index in [4.69, 9.17) is 4.74 Å². The smallest absolute Gasteiger partial charge is 0.105 e. The minimum absolute atomic E-state index is 0.742. The van der Waals surface area contributed by atoms with Gasteiger partial charge in [-0.15, -0.1) is 0 Å². The molecule has 0 atom stereocenters. The summed E-state index contributed by atoms with van der Waals surface area (Å²) in [6.45, 7) is 5.35. The van der Waals surface area contributed by atoms with Crippen molar-refractivity contribution in [2.75, 3.05) is 11.9 Å². The van der Waals surface area contributed by atoms with Crippen molar-refractivity contribution >= 4 is 5.69 Å². The lowest BCUT2D eigenvalue weighted by Crippen LogP contribution is -2.11. The second-order valence-corrected chi connectivity index (χ2v) is 4.57. The number of nitrogens with zero attached hydrogens (tertiary/aromatic N) is 2. The average Bonchev–Trinajstić information content (AvgIpc) is 2.98. The van der Waals surface area contributed by atoms with Crippen molar-refractivity contribution in [3.63, 3.8) is 0 Å². The summed E-state index contributed by atoms with van der Waals surface area (Å²) in [7, 11) is 0. The molecule has 4 nitrogen and oxygen atoms in total. The normalized spacial score (nSPS) is 13.6. The number of benzene rings is 1. The maximum Gasteiger partial charge on any atom is 0.105 e. The molecule has 94 valence electrons. The Morgan fingerprint density at radius 3 is 3.06 bits per heavy atom. The first-order valence-corrected chi connectivity index (χ1v) is 6.24. The Balaban J connectivity index is 1.59. The van der Waals surface area contributed by atoms with Crippen LogP contribution in [0.25, 0.3) is 0 Å². The van der Waals surface area contributed by atoms with Crippen LogP contribution in [0.5, 0.6) is 0 Å². The Labute approximate surface area is 107 Å². The lowest BCUT2D eigenvalue weighted by atomic mass is 10.1. The van der Waals surface area contributed by atoms with Crippen molar-refractivity contribution in [2.24, 2.45) is 0 Å². The highest BCUT2D eigenvalue weighted by molar-refractivity contribution is 5.49. The average molecular weight is 243 g/mol. The van der Waals surface area contributed by atoms with Gasteiger partial charge in [0.1, 0.15) is 5.82 Å². The van der Waals surface area contributed by atoms with E-state index in [1.54, 1.807) is 0 Å². The molecule has 1 aromatic carbocycles. The lowest BCUT2D eigenvalue weighted by Gasteiger charge is -2.09. The van der Waals surface area contributed by atoms with E-state index in [1.807, 2.05) is 19.3 Å². The molecule has 0 saturated heterocycles. The molecule has 0 saturated carbocycles. The highest BCUT2D eigenvalue weighted by Gasteiger charge is 2.10. The fraction of sp³-hybridized carbons (Fsp3) is 0.357. The second kappa shape index (κ2) is 4.82. The van der Waals surface area contributed by atoms with Crippen molar-refractivity contribution in [3.8, 4) is 0 Å². The number of nitrogens with one attached hydrogen (secondary N) is 1. The molecule has 18 heavy (non-hydrogen) atoms. The topological polar surface area (TPSA) is 39.1 Å². The summed E-state index contributed by atoms with van der Waals surface area (Å²) in [5.74, 6) is 1.05. The summed E-state index contributed by atoms with van der Waals surface area (Å²) < 4.78 is 7.55. The molecule has 1 aromatic heterocycles. The van der Waals surface area contributed by atoms with Crippen molar-refractivity contribution in [3.05, 3.63) is 47.5 Å². The molecule has 2 aromatic rings. The first-order chi connectivity index (χ1) is 8.83. The molecule has 1 N–H and O–H groups in total. The zero-order valence-corrected chi connectivity index (χ0v) is 10.5. The summed E-state index contributed by atoms with van der Waals surface area (Å²) in [6.07, 6.45) is 3.84. The maximum atomic E-state index is 5.41. The van der Waals surface area contributed by atoms with Crippen molar-refractivity contribution in [1.29, 1.82) is 0 Å². The van der Waals surface area contributed by atoms with Crippen LogP contribution in [0.15, 0.2) is 30.6 Å². The van der Waals surface area contributed by atoms with Gasteiger partial charge >= 0.3 is 0 Å². The number of rotatable bonds is 4. The van der Waals surface area contributed by atoms with Crippen LogP contribution >= 0.6 is 0 Å². The first kappa shape index (κ1) is 11.3. The number of imidazole rings is 1. The third-order valence-corrected chi connectivity index (χ3v) is 3.33. The Morgan fingerprint density at radius 1 is 1.33 bits per heavy atom. The van der Waals surface area contributed by atoms with Gasteiger partial charge in [-0.1, -0.05) is 6.07 Å². The largest absolute Gasteiger partial charge is 0.383 e. The van der Waals surface area contributed by atoms with Crippen LogP contribution in [0.2, 0.25) is 0 Å². The third-order valence-electron chi connectivity index (χ3n) is 3.33. The fourth-order valence-electron chi connectivity index (χ4n) is 2.24. The SMILES string of the molecule is Cc1nccn1CCNc1ccc2c(c1)COC2. The van der Waals surface area contributed by atoms with Crippen LogP contribution in [0.4, 0.5) is 5.69 Å². The van der Waals surface area contributed by atoms with Gasteiger partial charge in [-0.2, -0.15) is 0 Å². The number of hydrogen-bond acceptors (Lipinski definition) is 3. The molecule has 4 heteroatoms. The number of aromatic nitrogens is 2. The van der Waals surface area contributed by atoms with Gasteiger partial charge in [-0.05, 0) is 30.2 Å². The van der Waals surface area contributed by atoms with E-state index in [1.165, 1.54) is 11.1 Å². The summed E-state index contributed by atoms with van der Waals surface area (Å²) >= 11 is 0. The molecule has 3 rings (SSSR count). The molecule has 0 aliphatic carbocycles. The van der Waals surface area contributed by atoms with Crippen LogP contribution in [0.3, 0.4) is 0 Å². The molecule has 1 aliphatic heterocycles. The highest BCUT2D eigenvalue weighted by atomic mass is 16.5. The van der Waals surface area contributed by atoms with Crippen LogP contribution < -0.4 is 5.32 Å². The van der Waals surface area contributed by atoms with E-state index in [-0.39, 0.29) is 0 Å². The van der Waals surface area contributed by atoms with Crippen molar-refractivity contribution < 1.29 is 4.74 Å². The van der Waals surface area contributed by atoms with Crippen LogP contribution in [0, 0.1) is 6.92 Å². The molecule has 0 radical (unpaired) electrons. The third kappa shape index (κ3) is 2.24. The van der Waals surface area contributed by atoms with Gasteiger partial charge in [0.25, 0.3) is 0 Å². The van der Waals surface area contributed by atoms with Crippen molar-refractivity contribution in [1.82, 2.24) is 9.55 Å². The van der Waals surface area contributed by atoms with E-state index in [9.17, 15) is 0 Å². The summed E-state index contributed by atoms with van der Waals surface area (Å²) in [6, 6.07) is 6.45. The van der Waals surface area contributed by atoms with Gasteiger partial charge in [0.05, 0.1) is 13.2 Å². The number of hydrogen-bond donors (Lipinski definition) is 1. The number of anilines is 1. The Kier molecular flexibility index (Phi) is 3.02. The van der Waals surface area contributed by atoms with Crippen molar-refractivity contribution in [2.45, 2.75) is 26.7 Å². The summed E-state index contributed by atoms with van der Waals surface area (Å²) in [5.41, 5.74) is 3.78. The van der Waals surface area contributed by atoms with Gasteiger partial charge in [-0.3, -0.25) is 0 Å². The maximum absolute atomic E-state index is 5.41. The van der Waals surface area contributed by atoms with Crippen LogP contribution in [-0.4, -0.2) is 16.1 Å². The molecule has 1 aliphatic rings. The van der Waals surface area contributed by atoms with E-state index < -0.39 is 0 Å². The molecular formula is C14H17N3O. The predicted octanol–water partition coefficient (Wildman–Crippen LogP) is 2.33. The molecule has 2 heterocycles. The van der Waals surface area contributed by atoms with Gasteiger partial charge in [0, 0.05) is 31.2 Å². The Bertz CT molecular complexity index is 548. The van der Waals surface area contributed by atoms with E-state index in [0.29, 0.717) is 0 Å². The molecule has 0 bridgehead atoms. The fourth-order valence-corrected chi connectivity index (χ4v) is 2.24. The van der Waals surface area contributed by atoms with Gasteiger partial charge in [0.2, 0.25) is 0 Å². The number of ether oxygens (including phenoxy) is 1. The van der Waals surface area contributed by atoms with Crippen LogP contribution in [-0.2, 0) is 24.5 Å². The lowest BCUT2D eigenvalue weighted by molar-refractivity contribution is 0.134. The number of fused-ring (bicyclic) bond motifs is 1. The molecule has 0 fully saturated rings. The minimum Gasteiger partial charge on any atom is -0.383 e.